The summed E-state index contributed by atoms with van der Waals surface area (Å²) in [5.74, 6) is -2.58. The lowest BCUT2D eigenvalue weighted by atomic mass is 10.1. The number of carbonyl (C=O) groups excluding carboxylic acids is 3. The van der Waals surface area contributed by atoms with E-state index in [2.05, 4.69) is 10.1 Å². The molecule has 0 aliphatic carbocycles. The van der Waals surface area contributed by atoms with Crippen molar-refractivity contribution in [2.45, 2.75) is 6.18 Å². The van der Waals surface area contributed by atoms with E-state index in [1.807, 2.05) is 0 Å². The molecule has 0 bridgehead atoms. The average Bonchev–Trinajstić information content (AvgIpc) is 3.57. The number of aromatic nitrogens is 3. The topological polar surface area (TPSA) is 94.4 Å². The molecule has 2 aromatic heterocycles. The van der Waals surface area contributed by atoms with Crippen LogP contribution in [0.4, 0.5) is 13.2 Å². The van der Waals surface area contributed by atoms with Crippen LogP contribution in [-0.2, 0) is 10.9 Å². The number of imide groups is 1. The van der Waals surface area contributed by atoms with Gasteiger partial charge in [-0.1, -0.05) is 24.3 Å². The summed E-state index contributed by atoms with van der Waals surface area (Å²) in [6.07, 6.45) is -4.58. The lowest BCUT2D eigenvalue weighted by molar-refractivity contribution is -0.137. The number of halogens is 3. The number of ether oxygens (including phenoxy) is 1. The van der Waals surface area contributed by atoms with Crippen LogP contribution >= 0.6 is 11.3 Å². The van der Waals surface area contributed by atoms with Crippen LogP contribution in [0.1, 0.15) is 36.9 Å². The molecule has 176 valence electrons. The Kier molecular flexibility index (Phi) is 5.44. The number of hydrogen-bond acceptors (Lipinski definition) is 7. The lowest BCUT2D eigenvalue weighted by Gasteiger charge is -2.12. The number of thiophene rings is 1. The van der Waals surface area contributed by atoms with Crippen molar-refractivity contribution in [1.29, 1.82) is 0 Å². The van der Waals surface area contributed by atoms with Crippen molar-refractivity contribution in [2.75, 3.05) is 6.73 Å². The molecule has 12 heteroatoms. The highest BCUT2D eigenvalue weighted by molar-refractivity contribution is 7.13. The van der Waals surface area contributed by atoms with Crippen LogP contribution < -0.4 is 0 Å². The predicted octanol–water partition coefficient (Wildman–Crippen LogP) is 4.43. The van der Waals surface area contributed by atoms with Crippen LogP contribution in [0.5, 0.6) is 0 Å². The number of fused-ring (bicyclic) bond motifs is 1. The Morgan fingerprint density at radius 3 is 2.31 bits per heavy atom. The van der Waals surface area contributed by atoms with E-state index in [-0.39, 0.29) is 22.6 Å². The van der Waals surface area contributed by atoms with Crippen LogP contribution in [0.3, 0.4) is 0 Å². The van der Waals surface area contributed by atoms with Crippen LogP contribution in [0.25, 0.3) is 16.4 Å². The minimum atomic E-state index is -4.58. The molecule has 0 unspecified atom stereocenters. The summed E-state index contributed by atoms with van der Waals surface area (Å²) in [7, 11) is 0. The maximum absolute atomic E-state index is 13.2. The molecule has 0 saturated heterocycles. The molecule has 35 heavy (non-hydrogen) atoms. The molecule has 0 spiro atoms. The smallest absolute Gasteiger partial charge is 0.416 e. The highest BCUT2D eigenvalue weighted by Crippen LogP contribution is 2.32. The van der Waals surface area contributed by atoms with Gasteiger partial charge in [-0.2, -0.15) is 18.2 Å². The molecule has 0 atom stereocenters. The van der Waals surface area contributed by atoms with Crippen molar-refractivity contribution in [3.63, 3.8) is 0 Å². The quantitative estimate of drug-likeness (QED) is 0.299. The Hall–Kier alpha value is -4.32. The lowest BCUT2D eigenvalue weighted by Crippen LogP contribution is -2.33. The fraction of sp³-hybridized carbons (Fsp3) is 0.0870. The van der Waals surface area contributed by atoms with E-state index >= 15 is 0 Å². The first-order valence-corrected chi connectivity index (χ1v) is 10.9. The molecule has 0 saturated carbocycles. The van der Waals surface area contributed by atoms with Gasteiger partial charge in [0.1, 0.15) is 0 Å². The van der Waals surface area contributed by atoms with E-state index in [4.69, 9.17) is 4.74 Å². The molecule has 1 aliphatic rings. The second-order valence-corrected chi connectivity index (χ2v) is 8.29. The van der Waals surface area contributed by atoms with Crippen molar-refractivity contribution >= 4 is 29.1 Å². The molecule has 2 amide bonds. The van der Waals surface area contributed by atoms with Crippen molar-refractivity contribution in [2.24, 2.45) is 0 Å². The number of nitrogens with zero attached hydrogens (tertiary/aromatic N) is 4. The van der Waals surface area contributed by atoms with Gasteiger partial charge in [-0.3, -0.25) is 9.59 Å². The SMILES string of the molecule is O=C(OCN1C(=O)c2ccccc2C1=O)c1nc(-c2cccs2)n(-c2cccc(C(F)(F)F)c2)n1. The number of hydrogen-bond donors (Lipinski definition) is 0. The van der Waals surface area contributed by atoms with E-state index in [0.717, 1.165) is 21.7 Å². The van der Waals surface area contributed by atoms with Gasteiger partial charge in [0.15, 0.2) is 12.6 Å². The third-order valence-electron chi connectivity index (χ3n) is 5.15. The molecule has 0 fully saturated rings. The Bertz CT molecular complexity index is 1430. The van der Waals surface area contributed by atoms with Gasteiger partial charge < -0.3 is 4.74 Å². The molecule has 0 N–H and O–H groups in total. The fourth-order valence-electron chi connectivity index (χ4n) is 3.50. The normalized spacial score (nSPS) is 13.3. The highest BCUT2D eigenvalue weighted by Gasteiger charge is 2.36. The molecule has 4 aromatic rings. The number of alkyl halides is 3. The summed E-state index contributed by atoms with van der Waals surface area (Å²) in [6.45, 7) is -0.669. The number of benzene rings is 2. The van der Waals surface area contributed by atoms with Gasteiger partial charge in [-0.05, 0) is 41.8 Å². The second kappa shape index (κ2) is 8.47. The van der Waals surface area contributed by atoms with E-state index in [9.17, 15) is 27.6 Å². The zero-order chi connectivity index (χ0) is 24.7. The summed E-state index contributed by atoms with van der Waals surface area (Å²) in [5, 5.41) is 5.80. The molecular formula is C23H13F3N4O4S. The van der Waals surface area contributed by atoms with Crippen LogP contribution in [0.2, 0.25) is 0 Å². The Morgan fingerprint density at radius 1 is 0.971 bits per heavy atom. The minimum absolute atomic E-state index is 0.0372. The molecular weight excluding hydrogens is 485 g/mol. The largest absolute Gasteiger partial charge is 0.438 e. The second-order valence-electron chi connectivity index (χ2n) is 7.34. The number of amides is 2. The summed E-state index contributed by atoms with van der Waals surface area (Å²) >= 11 is 1.25. The van der Waals surface area contributed by atoms with Crippen molar-refractivity contribution in [3.8, 4) is 16.4 Å². The van der Waals surface area contributed by atoms with E-state index in [1.165, 1.54) is 35.6 Å². The molecule has 8 nitrogen and oxygen atoms in total. The number of esters is 1. The van der Waals surface area contributed by atoms with Gasteiger partial charge in [0.2, 0.25) is 0 Å². The van der Waals surface area contributed by atoms with Gasteiger partial charge in [0.05, 0.1) is 27.3 Å². The van der Waals surface area contributed by atoms with Crippen LogP contribution in [-0.4, -0.2) is 44.2 Å². The summed E-state index contributed by atoms with van der Waals surface area (Å²) in [5.41, 5.74) is -0.464. The third-order valence-corrected chi connectivity index (χ3v) is 6.02. The van der Waals surface area contributed by atoms with Crippen LogP contribution in [0, 0.1) is 0 Å². The van der Waals surface area contributed by atoms with Crippen molar-refractivity contribution in [1.82, 2.24) is 19.7 Å². The average molecular weight is 498 g/mol. The zero-order valence-corrected chi connectivity index (χ0v) is 18.3. The minimum Gasteiger partial charge on any atom is -0.438 e. The van der Waals surface area contributed by atoms with Crippen LogP contribution in [0.15, 0.2) is 66.0 Å². The maximum Gasteiger partial charge on any atom is 0.416 e. The zero-order valence-electron chi connectivity index (χ0n) is 17.5. The Morgan fingerprint density at radius 2 is 1.69 bits per heavy atom. The summed E-state index contributed by atoms with van der Waals surface area (Å²) < 4.78 is 45.9. The Labute approximate surface area is 199 Å². The first-order valence-electron chi connectivity index (χ1n) is 10.0. The Balaban J connectivity index is 1.43. The first-order chi connectivity index (χ1) is 16.7. The van der Waals surface area contributed by atoms with Crippen molar-refractivity contribution < 1.29 is 32.3 Å². The van der Waals surface area contributed by atoms with E-state index in [1.54, 1.807) is 29.6 Å². The summed E-state index contributed by atoms with van der Waals surface area (Å²) in [4.78, 5) is 43.1. The van der Waals surface area contributed by atoms with Gasteiger partial charge >= 0.3 is 12.1 Å². The van der Waals surface area contributed by atoms with Gasteiger partial charge in [-0.15, -0.1) is 16.4 Å². The summed E-state index contributed by atoms with van der Waals surface area (Å²) in [6, 6.07) is 14.0. The molecule has 1 aliphatic heterocycles. The van der Waals surface area contributed by atoms with Crippen molar-refractivity contribution in [3.05, 3.63) is 88.6 Å². The van der Waals surface area contributed by atoms with E-state index < -0.39 is 42.1 Å². The third kappa shape index (κ3) is 4.08. The predicted molar refractivity (Wildman–Crippen MR) is 117 cm³/mol. The highest BCUT2D eigenvalue weighted by atomic mass is 32.1. The molecule has 5 rings (SSSR count). The first kappa shape index (κ1) is 22.5. The fourth-order valence-corrected chi connectivity index (χ4v) is 4.20. The number of carbonyl (C=O) groups is 3. The molecule has 3 heterocycles. The standard InChI is InChI=1S/C23H13F3N4O4S/c24-23(25,26)13-5-3-6-14(11-13)30-19(17-9-4-10-35-17)27-18(28-30)22(33)34-12-29-20(31)15-7-1-2-8-16(15)21(29)32/h1-11H,12H2. The van der Waals surface area contributed by atoms with Gasteiger partial charge in [0.25, 0.3) is 17.6 Å². The molecule has 0 radical (unpaired) electrons. The monoisotopic (exact) mass is 498 g/mol. The van der Waals surface area contributed by atoms with Gasteiger partial charge in [-0.25, -0.2) is 14.4 Å². The van der Waals surface area contributed by atoms with Gasteiger partial charge in [0, 0.05) is 0 Å². The maximum atomic E-state index is 13.2. The number of rotatable bonds is 5. The van der Waals surface area contributed by atoms with E-state index in [0.29, 0.717) is 4.88 Å². The molecule has 2 aromatic carbocycles.